The van der Waals surface area contributed by atoms with Gasteiger partial charge in [0, 0.05) is 44.3 Å². The Labute approximate surface area is 426 Å². The quantitative estimate of drug-likeness (QED) is 0.0995. The minimum Gasteiger partial charge on any atom is -0.310 e. The number of rotatable bonds is 10. The van der Waals surface area contributed by atoms with Crippen molar-refractivity contribution in [2.75, 3.05) is 9.80 Å². The number of aryl methyl sites for hydroxylation is 2. The van der Waals surface area contributed by atoms with Gasteiger partial charge in [0.2, 0.25) is 0 Å². The maximum atomic E-state index is 2.51. The van der Waals surface area contributed by atoms with E-state index >= 15 is 0 Å². The third kappa shape index (κ3) is 8.05. The lowest BCUT2D eigenvalue weighted by Crippen LogP contribution is -2.37. The highest BCUT2D eigenvalue weighted by atomic mass is 28.3. The van der Waals surface area contributed by atoms with Crippen LogP contribution in [0.4, 0.5) is 34.1 Å². The van der Waals surface area contributed by atoms with Crippen molar-refractivity contribution in [3.05, 3.63) is 230 Å². The van der Waals surface area contributed by atoms with Gasteiger partial charge in [-0.05, 0) is 141 Å². The van der Waals surface area contributed by atoms with Crippen molar-refractivity contribution in [3.8, 4) is 22.3 Å². The van der Waals surface area contributed by atoms with Crippen LogP contribution >= 0.6 is 0 Å². The van der Waals surface area contributed by atoms with Crippen LogP contribution in [0.5, 0.6) is 0 Å². The van der Waals surface area contributed by atoms with E-state index in [1.807, 2.05) is 0 Å². The van der Waals surface area contributed by atoms with E-state index in [-0.39, 0.29) is 0 Å². The van der Waals surface area contributed by atoms with E-state index in [2.05, 4.69) is 281 Å². The summed E-state index contributed by atoms with van der Waals surface area (Å²) < 4.78 is 0. The first-order valence-electron chi connectivity index (χ1n) is 25.5. The van der Waals surface area contributed by atoms with E-state index < -0.39 is 16.1 Å². The zero-order valence-electron chi connectivity index (χ0n) is 42.7. The molecule has 0 heterocycles. The van der Waals surface area contributed by atoms with Crippen LogP contribution in [0.2, 0.25) is 39.3 Å². The molecule has 72 heavy (non-hydrogen) atoms. The second-order valence-corrected chi connectivity index (χ2v) is 32.2. The van der Waals surface area contributed by atoms with Crippen LogP contribution in [-0.4, -0.2) is 16.1 Å². The molecule has 12 rings (SSSR count). The van der Waals surface area contributed by atoms with Crippen molar-refractivity contribution in [2.24, 2.45) is 0 Å². The number of hydrogen-bond acceptors (Lipinski definition) is 2. The SMILES string of the molecule is Cc1ccc(N(c2ccc([Si](C)(C)C)cc2)c2cc(-c3ccc4ccccc4c3)c3ccc4c(N(c5ccc(C)cc5)c5ccc([Si](C)(C)C)cc5)cc(-c5ccc6ccccc6c5)c5ccc2c3c54)cc1. The molecule has 350 valence electrons. The molecule has 0 aromatic heterocycles. The van der Waals surface area contributed by atoms with Crippen molar-refractivity contribution < 1.29 is 0 Å². The van der Waals surface area contributed by atoms with Gasteiger partial charge in [-0.3, -0.25) is 0 Å². The molecule has 0 atom stereocenters. The summed E-state index contributed by atoms with van der Waals surface area (Å²) in [6.07, 6.45) is 0. The van der Waals surface area contributed by atoms with Crippen LogP contribution in [0.15, 0.2) is 218 Å². The molecular formula is C68H60N2Si2. The third-order valence-corrected chi connectivity index (χ3v) is 19.2. The first-order valence-corrected chi connectivity index (χ1v) is 32.5. The van der Waals surface area contributed by atoms with Crippen molar-refractivity contribution in [1.82, 2.24) is 0 Å². The summed E-state index contributed by atoms with van der Waals surface area (Å²) >= 11 is 0. The molecule has 0 spiro atoms. The molecule has 0 aliphatic heterocycles. The van der Waals surface area contributed by atoms with Crippen LogP contribution in [0.25, 0.3) is 76.1 Å². The summed E-state index contributed by atoms with van der Waals surface area (Å²) in [7, 11) is -3.14. The molecule has 0 bridgehead atoms. The largest absolute Gasteiger partial charge is 0.310 e. The molecule has 4 heteroatoms. The van der Waals surface area contributed by atoms with Crippen molar-refractivity contribution in [3.63, 3.8) is 0 Å². The molecule has 0 unspecified atom stereocenters. The van der Waals surface area contributed by atoms with Gasteiger partial charge in [-0.25, -0.2) is 0 Å². The fourth-order valence-electron chi connectivity index (χ4n) is 11.0. The van der Waals surface area contributed by atoms with E-state index in [4.69, 9.17) is 0 Å². The van der Waals surface area contributed by atoms with E-state index in [0.717, 1.165) is 34.1 Å². The van der Waals surface area contributed by atoms with Crippen LogP contribution in [0, 0.1) is 13.8 Å². The van der Waals surface area contributed by atoms with E-state index in [1.54, 1.807) is 0 Å². The number of hydrogen-bond donors (Lipinski definition) is 0. The normalized spacial score (nSPS) is 12.2. The van der Waals surface area contributed by atoms with Crippen LogP contribution in [-0.2, 0) is 0 Å². The molecule has 0 saturated carbocycles. The van der Waals surface area contributed by atoms with Crippen LogP contribution in [0.1, 0.15) is 11.1 Å². The average molecular weight is 961 g/mol. The maximum Gasteiger partial charge on any atom is 0.0775 e. The molecule has 0 amide bonds. The second-order valence-electron chi connectivity index (χ2n) is 22.0. The standard InChI is InChI=1S/C68H60N2Si2/c1-45-17-25-53(26-18-45)69(55-29-33-57(34-30-55)71(3,4)5)65-43-63(51-23-21-47-13-9-11-15-49(47)41-51)59-38-40-62-66(70(54-27-19-46(2)20-28-54)56-31-35-58(36-32-56)72(6,7)8)44-64(60-37-39-61(65)67(59)68(60)62)52-24-22-48-14-10-12-16-50(48)42-52/h9-44H,1-8H3. The van der Waals surface area contributed by atoms with E-state index in [0.29, 0.717) is 0 Å². The van der Waals surface area contributed by atoms with E-state index in [1.165, 1.54) is 97.6 Å². The molecule has 0 N–H and O–H groups in total. The monoisotopic (exact) mass is 960 g/mol. The molecule has 12 aromatic carbocycles. The number of fused-ring (bicyclic) bond motifs is 2. The number of benzene rings is 12. The van der Waals surface area contributed by atoms with Gasteiger partial charge in [0.25, 0.3) is 0 Å². The van der Waals surface area contributed by atoms with Crippen molar-refractivity contribution >= 4 is 115 Å². The Morgan fingerprint density at radius 2 is 0.611 bits per heavy atom. The molecule has 0 saturated heterocycles. The third-order valence-electron chi connectivity index (χ3n) is 15.0. The lowest BCUT2D eigenvalue weighted by molar-refractivity contribution is 1.29. The van der Waals surface area contributed by atoms with Gasteiger partial charge in [0.1, 0.15) is 0 Å². The van der Waals surface area contributed by atoms with Gasteiger partial charge < -0.3 is 9.80 Å². The Balaban J connectivity index is 1.23. The summed E-state index contributed by atoms with van der Waals surface area (Å²) in [6, 6.07) is 83.2. The molecule has 2 nitrogen and oxygen atoms in total. The maximum absolute atomic E-state index is 2.51. The van der Waals surface area contributed by atoms with Gasteiger partial charge >= 0.3 is 0 Å². The molecular weight excluding hydrogens is 901 g/mol. The fourth-order valence-corrected chi connectivity index (χ4v) is 13.3. The highest BCUT2D eigenvalue weighted by Crippen LogP contribution is 2.52. The lowest BCUT2D eigenvalue weighted by Gasteiger charge is -2.31. The Morgan fingerprint density at radius 3 is 0.958 bits per heavy atom. The van der Waals surface area contributed by atoms with Gasteiger partial charge in [-0.15, -0.1) is 0 Å². The predicted octanol–water partition coefficient (Wildman–Crippen LogP) is 18.9. The summed E-state index contributed by atoms with van der Waals surface area (Å²) in [5.41, 5.74) is 14.1. The van der Waals surface area contributed by atoms with E-state index in [9.17, 15) is 0 Å². The number of anilines is 6. The summed E-state index contributed by atoms with van der Waals surface area (Å²) in [4.78, 5) is 5.02. The highest BCUT2D eigenvalue weighted by molar-refractivity contribution is 6.89. The summed E-state index contributed by atoms with van der Waals surface area (Å²) in [6.45, 7) is 18.9. The van der Waals surface area contributed by atoms with Gasteiger partial charge in [0.05, 0.1) is 27.5 Å². The molecule has 0 aliphatic carbocycles. The zero-order chi connectivity index (χ0) is 49.5. The molecule has 0 fully saturated rings. The first-order chi connectivity index (χ1) is 34.8. The van der Waals surface area contributed by atoms with Crippen LogP contribution < -0.4 is 20.2 Å². The zero-order valence-corrected chi connectivity index (χ0v) is 44.7. The Morgan fingerprint density at radius 1 is 0.292 bits per heavy atom. The van der Waals surface area contributed by atoms with Gasteiger partial charge in [-0.1, -0.05) is 206 Å². The first kappa shape index (κ1) is 45.4. The van der Waals surface area contributed by atoms with Crippen molar-refractivity contribution in [1.29, 1.82) is 0 Å². The minimum absolute atomic E-state index is 1.13. The second kappa shape index (κ2) is 17.5. The topological polar surface area (TPSA) is 6.48 Å². The van der Waals surface area contributed by atoms with Crippen molar-refractivity contribution in [2.45, 2.75) is 53.1 Å². The lowest BCUT2D eigenvalue weighted by atomic mass is 9.84. The summed E-state index contributed by atoms with van der Waals surface area (Å²) in [5, 5.41) is 15.3. The molecule has 0 aliphatic rings. The average Bonchev–Trinajstić information content (AvgIpc) is 3.39. The van der Waals surface area contributed by atoms with Crippen LogP contribution in [0.3, 0.4) is 0 Å². The molecule has 12 aromatic rings. The smallest absolute Gasteiger partial charge is 0.0775 e. The Bertz CT molecular complexity index is 3730. The highest BCUT2D eigenvalue weighted by Gasteiger charge is 2.27. The minimum atomic E-state index is -1.57. The Hall–Kier alpha value is -7.77. The predicted molar refractivity (Wildman–Crippen MR) is 321 cm³/mol. The number of nitrogens with zero attached hydrogens (tertiary/aromatic N) is 2. The summed E-state index contributed by atoms with van der Waals surface area (Å²) in [5.74, 6) is 0. The fraction of sp³-hybridized carbons (Fsp3) is 0.118. The Kier molecular flexibility index (Phi) is 11.0. The van der Waals surface area contributed by atoms with Gasteiger partial charge in [-0.2, -0.15) is 0 Å². The molecule has 0 radical (unpaired) electrons. The van der Waals surface area contributed by atoms with Gasteiger partial charge in [0.15, 0.2) is 0 Å².